The molecule has 0 aromatic carbocycles. The van der Waals surface area contributed by atoms with Gasteiger partial charge in [-0.25, -0.2) is 9.97 Å². The molecule has 4 nitrogen and oxygen atoms in total. The fourth-order valence-electron chi connectivity index (χ4n) is 2.51. The number of hydrogen-bond donors (Lipinski definition) is 0. The molecule has 1 aliphatic heterocycles. The largest absolute Gasteiger partial charge is 0.469 e. The molecule has 3 heterocycles. The van der Waals surface area contributed by atoms with Crippen LogP contribution in [0.3, 0.4) is 0 Å². The molecule has 0 saturated heterocycles. The summed E-state index contributed by atoms with van der Waals surface area (Å²) in [6, 6.07) is 4.46. The predicted molar refractivity (Wildman–Crippen MR) is 68.0 cm³/mol. The van der Waals surface area contributed by atoms with E-state index in [1.165, 1.54) is 11.3 Å². The maximum atomic E-state index is 5.41. The summed E-state index contributed by atoms with van der Waals surface area (Å²) in [6.07, 6.45) is 7.28. The average molecular weight is 243 g/mol. The monoisotopic (exact) mass is 243 g/mol. The Hall–Kier alpha value is -1.68. The zero-order chi connectivity index (χ0) is 12.4. The zero-order valence-corrected chi connectivity index (χ0v) is 10.5. The molecular formula is C14H17N3O. The zero-order valence-electron chi connectivity index (χ0n) is 10.5. The van der Waals surface area contributed by atoms with Gasteiger partial charge in [-0.05, 0) is 19.1 Å². The lowest BCUT2D eigenvalue weighted by atomic mass is 10.0. The SMILES string of the molecule is CC(Cc1ccco1)N1CCc2ncncc2C1. The van der Waals surface area contributed by atoms with Crippen LogP contribution in [0.5, 0.6) is 0 Å². The topological polar surface area (TPSA) is 42.2 Å². The first-order valence-corrected chi connectivity index (χ1v) is 6.37. The Morgan fingerprint density at radius 1 is 1.50 bits per heavy atom. The highest BCUT2D eigenvalue weighted by molar-refractivity contribution is 5.19. The lowest BCUT2D eigenvalue weighted by molar-refractivity contribution is 0.182. The van der Waals surface area contributed by atoms with Gasteiger partial charge in [-0.3, -0.25) is 4.90 Å². The first-order valence-electron chi connectivity index (χ1n) is 6.37. The summed E-state index contributed by atoms with van der Waals surface area (Å²) >= 11 is 0. The Morgan fingerprint density at radius 2 is 2.44 bits per heavy atom. The summed E-state index contributed by atoms with van der Waals surface area (Å²) in [5.74, 6) is 1.05. The van der Waals surface area contributed by atoms with Gasteiger partial charge in [-0.15, -0.1) is 0 Å². The van der Waals surface area contributed by atoms with Crippen LogP contribution in [0.25, 0.3) is 0 Å². The molecule has 1 unspecified atom stereocenters. The molecule has 2 aromatic rings. The summed E-state index contributed by atoms with van der Waals surface area (Å²) in [6.45, 7) is 4.25. The number of aromatic nitrogens is 2. The smallest absolute Gasteiger partial charge is 0.115 e. The molecule has 0 aliphatic carbocycles. The molecule has 94 valence electrons. The van der Waals surface area contributed by atoms with Crippen molar-refractivity contribution in [1.29, 1.82) is 0 Å². The lowest BCUT2D eigenvalue weighted by Crippen LogP contribution is -2.39. The van der Waals surface area contributed by atoms with E-state index >= 15 is 0 Å². The van der Waals surface area contributed by atoms with Crippen LogP contribution < -0.4 is 0 Å². The first-order chi connectivity index (χ1) is 8.83. The molecule has 1 aliphatic rings. The van der Waals surface area contributed by atoms with Gasteiger partial charge in [0.15, 0.2) is 0 Å². The summed E-state index contributed by atoms with van der Waals surface area (Å²) in [5, 5.41) is 0. The van der Waals surface area contributed by atoms with Gasteiger partial charge in [0.25, 0.3) is 0 Å². The van der Waals surface area contributed by atoms with Gasteiger partial charge < -0.3 is 4.42 Å². The Bertz CT molecular complexity index is 510. The lowest BCUT2D eigenvalue weighted by Gasteiger charge is -2.32. The maximum absolute atomic E-state index is 5.41. The van der Waals surface area contributed by atoms with Crippen molar-refractivity contribution in [2.24, 2.45) is 0 Å². The van der Waals surface area contributed by atoms with Crippen LogP contribution in [-0.4, -0.2) is 27.5 Å². The highest BCUT2D eigenvalue weighted by Crippen LogP contribution is 2.19. The van der Waals surface area contributed by atoms with Gasteiger partial charge in [-0.2, -0.15) is 0 Å². The van der Waals surface area contributed by atoms with Crippen LogP contribution in [-0.2, 0) is 19.4 Å². The highest BCUT2D eigenvalue weighted by atomic mass is 16.3. The van der Waals surface area contributed by atoms with Crippen molar-refractivity contribution in [3.8, 4) is 0 Å². The third-order valence-corrected chi connectivity index (χ3v) is 3.59. The molecule has 0 saturated carbocycles. The summed E-state index contributed by atoms with van der Waals surface area (Å²) in [7, 11) is 0. The van der Waals surface area contributed by atoms with E-state index in [1.54, 1.807) is 12.6 Å². The van der Waals surface area contributed by atoms with Crippen LogP contribution in [0.4, 0.5) is 0 Å². The molecule has 0 amide bonds. The van der Waals surface area contributed by atoms with Gasteiger partial charge >= 0.3 is 0 Å². The van der Waals surface area contributed by atoms with Crippen molar-refractivity contribution in [3.63, 3.8) is 0 Å². The normalized spacial score (nSPS) is 17.4. The molecule has 4 heteroatoms. The molecule has 0 fully saturated rings. The van der Waals surface area contributed by atoms with Crippen LogP contribution in [0.2, 0.25) is 0 Å². The minimum absolute atomic E-state index is 0.476. The molecule has 0 spiro atoms. The first kappa shape index (κ1) is 11.4. The number of nitrogens with zero attached hydrogens (tertiary/aromatic N) is 3. The fraction of sp³-hybridized carbons (Fsp3) is 0.429. The second-order valence-corrected chi connectivity index (χ2v) is 4.85. The minimum atomic E-state index is 0.476. The van der Waals surface area contributed by atoms with Gasteiger partial charge in [-0.1, -0.05) is 0 Å². The quantitative estimate of drug-likeness (QED) is 0.827. The standard InChI is InChI=1S/C14H17N3O/c1-11(7-13-3-2-6-18-13)17-5-4-14-12(9-17)8-15-10-16-14/h2-3,6,8,10-11H,4-5,7,9H2,1H3. The van der Waals surface area contributed by atoms with Crippen molar-refractivity contribution in [2.45, 2.75) is 32.4 Å². The van der Waals surface area contributed by atoms with Crippen LogP contribution in [0, 0.1) is 0 Å². The van der Waals surface area contributed by atoms with E-state index in [0.29, 0.717) is 6.04 Å². The molecule has 0 N–H and O–H groups in total. The van der Waals surface area contributed by atoms with Gasteiger partial charge in [0, 0.05) is 49.4 Å². The van der Waals surface area contributed by atoms with Gasteiger partial charge in [0.05, 0.1) is 6.26 Å². The van der Waals surface area contributed by atoms with Crippen LogP contribution >= 0.6 is 0 Å². The van der Waals surface area contributed by atoms with E-state index < -0.39 is 0 Å². The number of fused-ring (bicyclic) bond motifs is 1. The molecule has 0 radical (unpaired) electrons. The van der Waals surface area contributed by atoms with E-state index in [-0.39, 0.29) is 0 Å². The summed E-state index contributed by atoms with van der Waals surface area (Å²) in [5.41, 5.74) is 2.46. The Kier molecular flexibility index (Phi) is 3.11. The van der Waals surface area contributed by atoms with Crippen molar-refractivity contribution in [3.05, 3.63) is 47.9 Å². The Morgan fingerprint density at radius 3 is 3.28 bits per heavy atom. The molecule has 3 rings (SSSR count). The Balaban J connectivity index is 1.68. The van der Waals surface area contributed by atoms with E-state index in [2.05, 4.69) is 21.8 Å². The van der Waals surface area contributed by atoms with Crippen molar-refractivity contribution >= 4 is 0 Å². The number of furan rings is 1. The third kappa shape index (κ3) is 2.29. The average Bonchev–Trinajstić information content (AvgIpc) is 2.91. The molecular weight excluding hydrogens is 226 g/mol. The Labute approximate surface area is 107 Å². The van der Waals surface area contributed by atoms with Gasteiger partial charge in [0.1, 0.15) is 12.1 Å². The molecule has 0 bridgehead atoms. The number of hydrogen-bond acceptors (Lipinski definition) is 4. The van der Waals surface area contributed by atoms with E-state index in [1.807, 2.05) is 18.3 Å². The second-order valence-electron chi connectivity index (χ2n) is 4.85. The predicted octanol–water partition coefficient (Wildman–Crippen LogP) is 2.06. The summed E-state index contributed by atoms with van der Waals surface area (Å²) in [4.78, 5) is 10.9. The maximum Gasteiger partial charge on any atom is 0.115 e. The van der Waals surface area contributed by atoms with E-state index in [0.717, 1.165) is 31.7 Å². The molecule has 2 aromatic heterocycles. The van der Waals surface area contributed by atoms with E-state index in [4.69, 9.17) is 4.42 Å². The van der Waals surface area contributed by atoms with Crippen molar-refractivity contribution < 1.29 is 4.42 Å². The minimum Gasteiger partial charge on any atom is -0.469 e. The van der Waals surface area contributed by atoms with Crippen LogP contribution in [0.15, 0.2) is 35.3 Å². The van der Waals surface area contributed by atoms with Gasteiger partial charge in [0.2, 0.25) is 0 Å². The molecule has 18 heavy (non-hydrogen) atoms. The summed E-state index contributed by atoms with van der Waals surface area (Å²) < 4.78 is 5.41. The van der Waals surface area contributed by atoms with E-state index in [9.17, 15) is 0 Å². The second kappa shape index (κ2) is 4.90. The number of rotatable bonds is 3. The highest BCUT2D eigenvalue weighted by Gasteiger charge is 2.22. The van der Waals surface area contributed by atoms with Crippen molar-refractivity contribution in [2.75, 3.05) is 6.54 Å². The van der Waals surface area contributed by atoms with Crippen LogP contribution in [0.1, 0.15) is 23.9 Å². The fourth-order valence-corrected chi connectivity index (χ4v) is 2.51. The third-order valence-electron chi connectivity index (χ3n) is 3.59. The van der Waals surface area contributed by atoms with Crippen molar-refractivity contribution in [1.82, 2.24) is 14.9 Å². The molecule has 1 atom stereocenters.